The first-order valence-corrected chi connectivity index (χ1v) is 18.6. The van der Waals surface area contributed by atoms with Gasteiger partial charge in [-0.25, -0.2) is 0 Å². The van der Waals surface area contributed by atoms with Crippen molar-refractivity contribution in [1.82, 2.24) is 0 Å². The van der Waals surface area contributed by atoms with E-state index in [-0.39, 0.29) is 0 Å². The first-order valence-electron chi connectivity index (χ1n) is 17.8. The molecule has 0 radical (unpaired) electrons. The summed E-state index contributed by atoms with van der Waals surface area (Å²) < 4.78 is 2.69. The molecular formula is C50H33NS. The molecule has 0 N–H and O–H groups in total. The fourth-order valence-electron chi connectivity index (χ4n) is 7.68. The second-order valence-corrected chi connectivity index (χ2v) is 14.3. The second-order valence-electron chi connectivity index (χ2n) is 13.3. The van der Waals surface area contributed by atoms with Crippen molar-refractivity contribution in [2.24, 2.45) is 0 Å². The van der Waals surface area contributed by atoms with Crippen LogP contribution in [0.15, 0.2) is 200 Å². The topological polar surface area (TPSA) is 3.24 Å². The minimum absolute atomic E-state index is 1.12. The lowest BCUT2D eigenvalue weighted by Crippen LogP contribution is -2.09. The Morgan fingerprint density at radius 2 is 0.750 bits per heavy atom. The Morgan fingerprint density at radius 1 is 0.288 bits per heavy atom. The molecule has 0 spiro atoms. The summed E-state index contributed by atoms with van der Waals surface area (Å²) in [6.45, 7) is 0. The molecular weight excluding hydrogens is 647 g/mol. The predicted octanol–water partition coefficient (Wildman–Crippen LogP) is 14.8. The zero-order chi connectivity index (χ0) is 34.4. The van der Waals surface area contributed by atoms with Crippen molar-refractivity contribution in [3.05, 3.63) is 200 Å². The van der Waals surface area contributed by atoms with Crippen molar-refractivity contribution in [2.75, 3.05) is 4.90 Å². The summed E-state index contributed by atoms with van der Waals surface area (Å²) in [5.41, 5.74) is 10.7. The molecule has 0 aliphatic rings. The standard InChI is InChI=1S/C50H33NS/c1-3-10-34(11-4-1)36-20-27-41(28-21-36)51(42-29-22-37(23-30-42)35-12-5-2-6-13-35)43-31-24-39(25-32-43)45-16-9-17-46-47-33-26-40-19-18-38-14-7-8-15-44(38)48(40)50(47)52-49(45)46/h1-33H. The average molecular weight is 680 g/mol. The summed E-state index contributed by atoms with van der Waals surface area (Å²) in [5.74, 6) is 0. The molecule has 1 heterocycles. The van der Waals surface area contributed by atoms with Crippen LogP contribution in [0.25, 0.3) is 75.1 Å². The van der Waals surface area contributed by atoms with Crippen LogP contribution in [0, 0.1) is 0 Å². The van der Waals surface area contributed by atoms with Gasteiger partial charge in [-0.05, 0) is 85.9 Å². The van der Waals surface area contributed by atoms with Gasteiger partial charge in [0.05, 0.1) is 0 Å². The normalized spacial score (nSPS) is 11.5. The molecule has 0 saturated heterocycles. The second kappa shape index (κ2) is 12.7. The Hall–Kier alpha value is -6.48. The molecule has 244 valence electrons. The summed E-state index contributed by atoms with van der Waals surface area (Å²) in [4.78, 5) is 2.35. The van der Waals surface area contributed by atoms with E-state index in [4.69, 9.17) is 0 Å². The maximum absolute atomic E-state index is 2.35. The van der Waals surface area contributed by atoms with E-state index in [1.807, 2.05) is 11.3 Å². The number of thiophene rings is 1. The maximum atomic E-state index is 2.35. The molecule has 0 amide bonds. The highest BCUT2D eigenvalue weighted by atomic mass is 32.1. The Labute approximate surface area is 307 Å². The van der Waals surface area contributed by atoms with Crippen molar-refractivity contribution < 1.29 is 0 Å². The molecule has 10 aromatic rings. The van der Waals surface area contributed by atoms with Crippen LogP contribution < -0.4 is 4.90 Å². The maximum Gasteiger partial charge on any atom is 0.0462 e. The minimum Gasteiger partial charge on any atom is -0.311 e. The number of benzene rings is 9. The Kier molecular flexibility index (Phi) is 7.41. The Bertz CT molecular complexity index is 2770. The van der Waals surface area contributed by atoms with E-state index in [0.29, 0.717) is 0 Å². The SMILES string of the molecule is c1ccc(-c2ccc(N(c3ccc(-c4ccccc4)cc3)c3ccc(-c4cccc5c4sc4c5ccc5ccc6ccccc6c54)cc3)cc2)cc1. The van der Waals surface area contributed by atoms with E-state index in [2.05, 4.69) is 205 Å². The molecule has 2 heteroatoms. The smallest absolute Gasteiger partial charge is 0.0462 e. The molecule has 1 nitrogen and oxygen atoms in total. The van der Waals surface area contributed by atoms with Gasteiger partial charge in [-0.15, -0.1) is 11.3 Å². The van der Waals surface area contributed by atoms with Gasteiger partial charge in [-0.1, -0.05) is 164 Å². The third-order valence-electron chi connectivity index (χ3n) is 10.3. The van der Waals surface area contributed by atoms with Crippen LogP contribution in [0.1, 0.15) is 0 Å². The van der Waals surface area contributed by atoms with E-state index in [0.717, 1.165) is 17.1 Å². The molecule has 0 saturated carbocycles. The fraction of sp³-hybridized carbons (Fsp3) is 0. The van der Waals surface area contributed by atoms with Gasteiger partial charge in [0.25, 0.3) is 0 Å². The van der Waals surface area contributed by atoms with Crippen LogP contribution in [0.2, 0.25) is 0 Å². The van der Waals surface area contributed by atoms with Gasteiger partial charge in [0.15, 0.2) is 0 Å². The molecule has 0 aliphatic heterocycles. The third-order valence-corrected chi connectivity index (χ3v) is 11.5. The summed E-state index contributed by atoms with van der Waals surface area (Å²) in [6.07, 6.45) is 0. The van der Waals surface area contributed by atoms with E-state index >= 15 is 0 Å². The largest absolute Gasteiger partial charge is 0.311 e. The van der Waals surface area contributed by atoms with Crippen molar-refractivity contribution in [1.29, 1.82) is 0 Å². The van der Waals surface area contributed by atoms with Crippen LogP contribution >= 0.6 is 11.3 Å². The van der Waals surface area contributed by atoms with Gasteiger partial charge in [0, 0.05) is 42.6 Å². The number of rotatable bonds is 6. The summed E-state index contributed by atoms with van der Waals surface area (Å²) in [6, 6.07) is 72.7. The number of nitrogens with zero attached hydrogens (tertiary/aromatic N) is 1. The molecule has 0 atom stereocenters. The molecule has 9 aromatic carbocycles. The highest BCUT2D eigenvalue weighted by Crippen LogP contribution is 2.45. The molecule has 0 unspecified atom stereocenters. The fourth-order valence-corrected chi connectivity index (χ4v) is 9.08. The lowest BCUT2D eigenvalue weighted by atomic mass is 9.98. The van der Waals surface area contributed by atoms with Crippen LogP contribution in [0.3, 0.4) is 0 Å². The van der Waals surface area contributed by atoms with E-state index in [1.165, 1.54) is 75.1 Å². The molecule has 0 aliphatic carbocycles. The molecule has 10 rings (SSSR count). The highest BCUT2D eigenvalue weighted by Gasteiger charge is 2.17. The number of hydrogen-bond donors (Lipinski definition) is 0. The van der Waals surface area contributed by atoms with Gasteiger partial charge in [-0.3, -0.25) is 0 Å². The van der Waals surface area contributed by atoms with E-state index in [1.54, 1.807) is 0 Å². The van der Waals surface area contributed by atoms with Crippen LogP contribution in [-0.2, 0) is 0 Å². The van der Waals surface area contributed by atoms with Crippen molar-refractivity contribution in [3.8, 4) is 33.4 Å². The van der Waals surface area contributed by atoms with E-state index < -0.39 is 0 Å². The average Bonchev–Trinajstić information content (AvgIpc) is 3.62. The predicted molar refractivity (Wildman–Crippen MR) is 225 cm³/mol. The summed E-state index contributed by atoms with van der Waals surface area (Å²) >= 11 is 1.92. The van der Waals surface area contributed by atoms with Crippen molar-refractivity contribution >= 4 is 70.1 Å². The first kappa shape index (κ1) is 30.4. The zero-order valence-electron chi connectivity index (χ0n) is 28.4. The van der Waals surface area contributed by atoms with Crippen LogP contribution in [0.4, 0.5) is 17.1 Å². The molecule has 1 aromatic heterocycles. The van der Waals surface area contributed by atoms with Gasteiger partial charge in [-0.2, -0.15) is 0 Å². The van der Waals surface area contributed by atoms with Crippen LogP contribution in [0.5, 0.6) is 0 Å². The number of hydrogen-bond acceptors (Lipinski definition) is 2. The Balaban J connectivity index is 1.07. The summed E-state index contributed by atoms with van der Waals surface area (Å²) in [7, 11) is 0. The van der Waals surface area contributed by atoms with E-state index in [9.17, 15) is 0 Å². The third kappa shape index (κ3) is 5.24. The highest BCUT2D eigenvalue weighted by molar-refractivity contribution is 7.27. The Morgan fingerprint density at radius 3 is 1.37 bits per heavy atom. The quantitative estimate of drug-likeness (QED) is 0.158. The van der Waals surface area contributed by atoms with Gasteiger partial charge in [0.2, 0.25) is 0 Å². The molecule has 52 heavy (non-hydrogen) atoms. The number of fused-ring (bicyclic) bond motifs is 7. The minimum atomic E-state index is 1.12. The lowest BCUT2D eigenvalue weighted by molar-refractivity contribution is 1.28. The molecule has 0 fully saturated rings. The number of anilines is 3. The van der Waals surface area contributed by atoms with Crippen molar-refractivity contribution in [3.63, 3.8) is 0 Å². The van der Waals surface area contributed by atoms with Crippen molar-refractivity contribution in [2.45, 2.75) is 0 Å². The molecule has 0 bridgehead atoms. The first-order chi connectivity index (χ1) is 25.8. The zero-order valence-corrected chi connectivity index (χ0v) is 29.2. The monoisotopic (exact) mass is 679 g/mol. The van der Waals surface area contributed by atoms with Gasteiger partial charge >= 0.3 is 0 Å². The van der Waals surface area contributed by atoms with Gasteiger partial charge < -0.3 is 4.90 Å². The lowest BCUT2D eigenvalue weighted by Gasteiger charge is -2.26. The van der Waals surface area contributed by atoms with Gasteiger partial charge in [0.1, 0.15) is 0 Å². The summed E-state index contributed by atoms with van der Waals surface area (Å²) in [5, 5.41) is 7.88. The van der Waals surface area contributed by atoms with Crippen LogP contribution in [-0.4, -0.2) is 0 Å².